The van der Waals surface area contributed by atoms with Crippen molar-refractivity contribution in [1.29, 1.82) is 0 Å². The molecule has 0 rings (SSSR count). The van der Waals surface area contributed by atoms with Crippen molar-refractivity contribution in [2.75, 3.05) is 6.54 Å². The molecule has 0 saturated heterocycles. The van der Waals surface area contributed by atoms with E-state index < -0.39 is 72.6 Å². The minimum absolute atomic E-state index is 0.122. The van der Waals surface area contributed by atoms with Crippen molar-refractivity contribution < 1.29 is 44.1 Å². The highest BCUT2D eigenvalue weighted by atomic mass is 16.4. The first kappa shape index (κ1) is 26.8. The van der Waals surface area contributed by atoms with Crippen LogP contribution in [-0.4, -0.2) is 75.6 Å². The fraction of sp³-hybridized carbons (Fsp3) is 0.647. The van der Waals surface area contributed by atoms with Crippen LogP contribution in [0.2, 0.25) is 0 Å². The molecule has 0 aliphatic rings. The number of carboxylic acids is 3. The van der Waals surface area contributed by atoms with Crippen LogP contribution in [0.3, 0.4) is 0 Å². The monoisotopic (exact) mass is 432 g/mol. The summed E-state index contributed by atoms with van der Waals surface area (Å²) in [6.45, 7) is 2.65. The first-order chi connectivity index (χ1) is 13.8. The molecule has 3 unspecified atom stereocenters. The van der Waals surface area contributed by atoms with Gasteiger partial charge in [0.15, 0.2) is 0 Å². The van der Waals surface area contributed by atoms with Crippen molar-refractivity contribution in [3.8, 4) is 0 Å². The third-order valence-corrected chi connectivity index (χ3v) is 3.96. The maximum absolute atomic E-state index is 12.3. The Labute approximate surface area is 172 Å². The maximum atomic E-state index is 12.3. The molecule has 13 heteroatoms. The number of carboxylic acid groups (broad SMARTS) is 3. The van der Waals surface area contributed by atoms with Gasteiger partial charge in [-0.25, -0.2) is 4.79 Å². The molecule has 0 aromatic heterocycles. The van der Waals surface area contributed by atoms with Crippen LogP contribution >= 0.6 is 0 Å². The molecule has 3 amide bonds. The van der Waals surface area contributed by atoms with Crippen LogP contribution in [0, 0.1) is 5.92 Å². The highest BCUT2D eigenvalue weighted by Gasteiger charge is 2.27. The standard InChI is InChI=1S/C17H28N4O9/c1-8(2)14(21-15(27)9(18)3-5-12(23)24)16(28)19-7-11(22)20-10(17(29)30)4-6-13(25)26/h8-10,14H,3-7,18H2,1-2H3,(H,19,28)(H,20,22)(H,21,27)(H,23,24)(H,25,26)(H,29,30). The number of hydrogen-bond donors (Lipinski definition) is 7. The summed E-state index contributed by atoms with van der Waals surface area (Å²) < 4.78 is 0. The Balaban J connectivity index is 4.74. The van der Waals surface area contributed by atoms with E-state index in [1.54, 1.807) is 13.8 Å². The van der Waals surface area contributed by atoms with Crippen molar-refractivity contribution in [1.82, 2.24) is 16.0 Å². The molecule has 0 aliphatic carbocycles. The molecule has 0 radical (unpaired) electrons. The number of aliphatic carboxylic acids is 3. The first-order valence-corrected chi connectivity index (χ1v) is 9.14. The summed E-state index contributed by atoms with van der Waals surface area (Å²) in [6, 6.07) is -3.63. The Hall–Kier alpha value is -3.22. The molecule has 0 aromatic rings. The van der Waals surface area contributed by atoms with E-state index in [1.165, 1.54) is 0 Å². The summed E-state index contributed by atoms with van der Waals surface area (Å²) >= 11 is 0. The van der Waals surface area contributed by atoms with Crippen LogP contribution in [-0.2, 0) is 28.8 Å². The SMILES string of the molecule is CC(C)C(NC(=O)C(N)CCC(=O)O)C(=O)NCC(=O)NC(CCC(=O)O)C(=O)O. The smallest absolute Gasteiger partial charge is 0.326 e. The van der Waals surface area contributed by atoms with Crippen LogP contribution in [0.1, 0.15) is 39.5 Å². The van der Waals surface area contributed by atoms with Gasteiger partial charge in [-0.1, -0.05) is 13.8 Å². The van der Waals surface area contributed by atoms with Gasteiger partial charge in [0.05, 0.1) is 12.6 Å². The Kier molecular flexibility index (Phi) is 11.7. The molecule has 0 bridgehead atoms. The third kappa shape index (κ3) is 10.9. The zero-order valence-electron chi connectivity index (χ0n) is 16.7. The number of nitrogens with one attached hydrogen (secondary N) is 3. The van der Waals surface area contributed by atoms with Crippen LogP contribution in [0.25, 0.3) is 0 Å². The number of rotatable bonds is 14. The van der Waals surface area contributed by atoms with Crippen LogP contribution < -0.4 is 21.7 Å². The maximum Gasteiger partial charge on any atom is 0.326 e. The molecule has 0 aliphatic heterocycles. The largest absolute Gasteiger partial charge is 0.481 e. The minimum atomic E-state index is -1.43. The van der Waals surface area contributed by atoms with Crippen LogP contribution in [0.5, 0.6) is 0 Å². The second kappa shape index (κ2) is 13.1. The molecule has 3 atom stereocenters. The second-order valence-corrected chi connectivity index (χ2v) is 6.88. The summed E-state index contributed by atoms with van der Waals surface area (Å²) in [7, 11) is 0. The van der Waals surface area contributed by atoms with Gasteiger partial charge in [0, 0.05) is 12.8 Å². The van der Waals surface area contributed by atoms with Crippen LogP contribution in [0.15, 0.2) is 0 Å². The molecule has 8 N–H and O–H groups in total. The van der Waals surface area contributed by atoms with E-state index in [2.05, 4.69) is 16.0 Å². The average molecular weight is 432 g/mol. The molecule has 170 valence electrons. The first-order valence-electron chi connectivity index (χ1n) is 9.14. The summed E-state index contributed by atoms with van der Waals surface area (Å²) in [5, 5.41) is 33.0. The van der Waals surface area contributed by atoms with Gasteiger partial charge in [0.2, 0.25) is 17.7 Å². The van der Waals surface area contributed by atoms with E-state index in [0.29, 0.717) is 0 Å². The molecule has 0 spiro atoms. The fourth-order valence-electron chi connectivity index (χ4n) is 2.25. The molecule has 30 heavy (non-hydrogen) atoms. The number of carbonyl (C=O) groups is 6. The summed E-state index contributed by atoms with van der Waals surface area (Å²) in [4.78, 5) is 68.4. The van der Waals surface area contributed by atoms with Crippen molar-refractivity contribution in [3.63, 3.8) is 0 Å². The number of carbonyl (C=O) groups excluding carboxylic acids is 3. The van der Waals surface area contributed by atoms with E-state index in [-0.39, 0.29) is 19.3 Å². The van der Waals surface area contributed by atoms with Gasteiger partial charge in [0.1, 0.15) is 12.1 Å². The summed E-state index contributed by atoms with van der Waals surface area (Å²) in [6.07, 6.45) is -1.24. The van der Waals surface area contributed by atoms with Crippen molar-refractivity contribution in [2.45, 2.75) is 57.7 Å². The van der Waals surface area contributed by atoms with Crippen molar-refractivity contribution in [3.05, 3.63) is 0 Å². The second-order valence-electron chi connectivity index (χ2n) is 6.88. The topological polar surface area (TPSA) is 225 Å². The highest BCUT2D eigenvalue weighted by molar-refractivity contribution is 5.92. The molecule has 0 saturated carbocycles. The average Bonchev–Trinajstić information content (AvgIpc) is 2.64. The lowest BCUT2D eigenvalue weighted by Gasteiger charge is -2.23. The molecule has 0 fully saturated rings. The Morgan fingerprint density at radius 2 is 1.37 bits per heavy atom. The molecular weight excluding hydrogens is 404 g/mol. The lowest BCUT2D eigenvalue weighted by Crippen LogP contribution is -2.55. The summed E-state index contributed by atoms with van der Waals surface area (Å²) in [5.41, 5.74) is 5.60. The van der Waals surface area contributed by atoms with E-state index in [4.69, 9.17) is 21.1 Å². The van der Waals surface area contributed by atoms with Crippen LogP contribution in [0.4, 0.5) is 0 Å². The number of amides is 3. The number of hydrogen-bond acceptors (Lipinski definition) is 7. The van der Waals surface area contributed by atoms with E-state index in [0.717, 1.165) is 0 Å². The fourth-order valence-corrected chi connectivity index (χ4v) is 2.25. The van der Waals surface area contributed by atoms with E-state index >= 15 is 0 Å². The Morgan fingerprint density at radius 3 is 1.83 bits per heavy atom. The minimum Gasteiger partial charge on any atom is -0.481 e. The van der Waals surface area contributed by atoms with E-state index in [1.807, 2.05) is 0 Å². The lowest BCUT2D eigenvalue weighted by molar-refractivity contribution is -0.143. The van der Waals surface area contributed by atoms with Gasteiger partial charge < -0.3 is 37.0 Å². The predicted molar refractivity (Wildman–Crippen MR) is 101 cm³/mol. The molecular formula is C17H28N4O9. The Bertz CT molecular complexity index is 666. The highest BCUT2D eigenvalue weighted by Crippen LogP contribution is 2.04. The van der Waals surface area contributed by atoms with Gasteiger partial charge >= 0.3 is 17.9 Å². The normalized spacial score (nSPS) is 13.6. The van der Waals surface area contributed by atoms with Gasteiger partial charge in [0.25, 0.3) is 0 Å². The van der Waals surface area contributed by atoms with Gasteiger partial charge in [-0.15, -0.1) is 0 Å². The summed E-state index contributed by atoms with van der Waals surface area (Å²) in [5.74, 6) is -6.46. The van der Waals surface area contributed by atoms with E-state index in [9.17, 15) is 28.8 Å². The Morgan fingerprint density at radius 1 is 0.833 bits per heavy atom. The zero-order chi connectivity index (χ0) is 23.4. The number of nitrogens with two attached hydrogens (primary N) is 1. The van der Waals surface area contributed by atoms with Gasteiger partial charge in [-0.2, -0.15) is 0 Å². The molecule has 0 heterocycles. The van der Waals surface area contributed by atoms with Crippen molar-refractivity contribution in [2.24, 2.45) is 11.7 Å². The van der Waals surface area contributed by atoms with Gasteiger partial charge in [-0.3, -0.25) is 24.0 Å². The quantitative estimate of drug-likeness (QED) is 0.158. The predicted octanol–water partition coefficient (Wildman–Crippen LogP) is -2.13. The lowest BCUT2D eigenvalue weighted by atomic mass is 10.0. The third-order valence-electron chi connectivity index (χ3n) is 3.96. The molecule has 13 nitrogen and oxygen atoms in total. The molecule has 0 aromatic carbocycles. The zero-order valence-corrected chi connectivity index (χ0v) is 16.7. The van der Waals surface area contributed by atoms with Gasteiger partial charge in [-0.05, 0) is 18.8 Å². The van der Waals surface area contributed by atoms with Crippen molar-refractivity contribution >= 4 is 35.6 Å².